The van der Waals surface area contributed by atoms with Crippen LogP contribution in [0.25, 0.3) is 0 Å². The Morgan fingerprint density at radius 2 is 2.20 bits per heavy atom. The molecular formula is C13H12FN3O3. The van der Waals surface area contributed by atoms with E-state index in [0.717, 1.165) is 6.07 Å². The summed E-state index contributed by atoms with van der Waals surface area (Å²) in [5.74, 6) is -1.99. The fraction of sp³-hybridized carbons (Fsp3) is 0.154. The van der Waals surface area contributed by atoms with Crippen molar-refractivity contribution in [3.63, 3.8) is 0 Å². The van der Waals surface area contributed by atoms with Gasteiger partial charge in [-0.2, -0.15) is 0 Å². The highest BCUT2D eigenvalue weighted by molar-refractivity contribution is 5.89. The molecule has 2 heterocycles. The van der Waals surface area contributed by atoms with Crippen molar-refractivity contribution in [3.8, 4) is 5.88 Å². The number of nitrogens with zero attached hydrogens (tertiary/aromatic N) is 2. The zero-order chi connectivity index (χ0) is 14.5. The van der Waals surface area contributed by atoms with Crippen LogP contribution < -0.4 is 10.1 Å². The van der Waals surface area contributed by atoms with Gasteiger partial charge >= 0.3 is 5.97 Å². The molecule has 0 aliphatic carbocycles. The fourth-order valence-electron chi connectivity index (χ4n) is 1.52. The molecule has 0 atom stereocenters. The number of aromatic carboxylic acids is 1. The Kier molecular flexibility index (Phi) is 4.09. The molecule has 0 spiro atoms. The van der Waals surface area contributed by atoms with Crippen LogP contribution in [0.2, 0.25) is 0 Å². The number of halogens is 1. The van der Waals surface area contributed by atoms with Crippen LogP contribution >= 0.6 is 0 Å². The number of carbonyl (C=O) groups is 1. The Hall–Kier alpha value is -2.70. The molecule has 6 nitrogen and oxygen atoms in total. The lowest BCUT2D eigenvalue weighted by molar-refractivity contribution is 0.0692. The monoisotopic (exact) mass is 277 g/mol. The molecule has 0 amide bonds. The van der Waals surface area contributed by atoms with E-state index in [4.69, 9.17) is 9.84 Å². The van der Waals surface area contributed by atoms with Crippen LogP contribution in [0.15, 0.2) is 30.6 Å². The van der Waals surface area contributed by atoms with Gasteiger partial charge in [0.1, 0.15) is 5.56 Å². The molecule has 0 aliphatic rings. The van der Waals surface area contributed by atoms with E-state index in [9.17, 15) is 9.18 Å². The summed E-state index contributed by atoms with van der Waals surface area (Å²) in [7, 11) is 0. The van der Waals surface area contributed by atoms with Crippen molar-refractivity contribution in [3.05, 3.63) is 42.0 Å². The van der Waals surface area contributed by atoms with E-state index in [2.05, 4.69) is 15.3 Å². The van der Waals surface area contributed by atoms with Gasteiger partial charge in [0.15, 0.2) is 11.6 Å². The summed E-state index contributed by atoms with van der Waals surface area (Å²) in [5, 5.41) is 11.5. The zero-order valence-electron chi connectivity index (χ0n) is 10.6. The molecule has 0 saturated carbocycles. The predicted octanol–water partition coefficient (Wildman–Crippen LogP) is 2.46. The molecule has 2 aromatic rings. The molecule has 0 fully saturated rings. The molecule has 0 unspecified atom stereocenters. The van der Waals surface area contributed by atoms with Crippen molar-refractivity contribution in [1.29, 1.82) is 0 Å². The Balaban J connectivity index is 2.21. The van der Waals surface area contributed by atoms with E-state index < -0.39 is 17.3 Å². The van der Waals surface area contributed by atoms with Gasteiger partial charge in [-0.3, -0.25) is 0 Å². The number of hydrogen-bond acceptors (Lipinski definition) is 5. The molecule has 0 aromatic carbocycles. The molecule has 0 radical (unpaired) electrons. The second-order valence-electron chi connectivity index (χ2n) is 3.77. The standard InChI is InChI=1S/C13H12FN3O3/c1-2-20-10-4-3-8(7-16-10)17-12-11(14)9(13(18)19)5-6-15-12/h3-7H,2H2,1H3,(H,15,17)(H,18,19). The molecule has 20 heavy (non-hydrogen) atoms. The van der Waals surface area contributed by atoms with Gasteiger partial charge in [-0.1, -0.05) is 0 Å². The van der Waals surface area contributed by atoms with Gasteiger partial charge in [0.25, 0.3) is 0 Å². The molecule has 2 rings (SSSR count). The summed E-state index contributed by atoms with van der Waals surface area (Å²) >= 11 is 0. The highest BCUT2D eigenvalue weighted by Crippen LogP contribution is 2.20. The third-order valence-electron chi connectivity index (χ3n) is 2.41. The Labute approximate surface area is 114 Å². The van der Waals surface area contributed by atoms with Gasteiger partial charge in [-0.15, -0.1) is 0 Å². The van der Waals surface area contributed by atoms with Crippen molar-refractivity contribution >= 4 is 17.5 Å². The molecule has 104 valence electrons. The maximum Gasteiger partial charge on any atom is 0.338 e. The number of anilines is 2. The van der Waals surface area contributed by atoms with Gasteiger partial charge in [-0.25, -0.2) is 19.2 Å². The van der Waals surface area contributed by atoms with Gasteiger partial charge in [0.05, 0.1) is 18.5 Å². The van der Waals surface area contributed by atoms with Crippen LogP contribution in [0, 0.1) is 5.82 Å². The number of hydrogen-bond donors (Lipinski definition) is 2. The number of rotatable bonds is 5. The Morgan fingerprint density at radius 1 is 1.40 bits per heavy atom. The van der Waals surface area contributed by atoms with Crippen molar-refractivity contribution in [2.75, 3.05) is 11.9 Å². The number of carboxylic acids is 1. The van der Waals surface area contributed by atoms with E-state index in [-0.39, 0.29) is 5.82 Å². The van der Waals surface area contributed by atoms with E-state index in [0.29, 0.717) is 18.2 Å². The number of aromatic nitrogens is 2. The molecular weight excluding hydrogens is 265 g/mol. The molecule has 2 N–H and O–H groups in total. The van der Waals surface area contributed by atoms with Gasteiger partial charge in [0, 0.05) is 12.3 Å². The summed E-state index contributed by atoms with van der Waals surface area (Å²) in [6, 6.07) is 4.34. The zero-order valence-corrected chi connectivity index (χ0v) is 10.6. The minimum atomic E-state index is -1.35. The minimum absolute atomic E-state index is 0.171. The maximum atomic E-state index is 13.9. The highest BCUT2D eigenvalue weighted by Gasteiger charge is 2.15. The quantitative estimate of drug-likeness (QED) is 0.873. The first-order valence-corrected chi connectivity index (χ1v) is 5.85. The molecule has 0 bridgehead atoms. The average molecular weight is 277 g/mol. The minimum Gasteiger partial charge on any atom is -0.478 e. The van der Waals surface area contributed by atoms with Crippen molar-refractivity contribution < 1.29 is 19.0 Å². The first-order chi connectivity index (χ1) is 9.61. The molecule has 2 aromatic heterocycles. The van der Waals surface area contributed by atoms with E-state index in [1.165, 1.54) is 12.4 Å². The fourth-order valence-corrected chi connectivity index (χ4v) is 1.52. The third kappa shape index (κ3) is 3.00. The molecule has 0 aliphatic heterocycles. The van der Waals surface area contributed by atoms with Crippen LogP contribution in [0.5, 0.6) is 5.88 Å². The van der Waals surface area contributed by atoms with Crippen molar-refractivity contribution in [2.24, 2.45) is 0 Å². The van der Waals surface area contributed by atoms with Crippen LogP contribution in [0.4, 0.5) is 15.9 Å². The second-order valence-corrected chi connectivity index (χ2v) is 3.77. The largest absolute Gasteiger partial charge is 0.478 e. The third-order valence-corrected chi connectivity index (χ3v) is 2.41. The normalized spacial score (nSPS) is 10.1. The summed E-state index contributed by atoms with van der Waals surface area (Å²) in [4.78, 5) is 18.6. The molecule has 7 heteroatoms. The van der Waals surface area contributed by atoms with E-state index in [1.807, 2.05) is 6.92 Å². The summed E-state index contributed by atoms with van der Waals surface area (Å²) in [6.07, 6.45) is 2.66. The lowest BCUT2D eigenvalue weighted by Gasteiger charge is -2.08. The van der Waals surface area contributed by atoms with Crippen LogP contribution in [0.3, 0.4) is 0 Å². The number of pyridine rings is 2. The lowest BCUT2D eigenvalue weighted by atomic mass is 10.2. The first-order valence-electron chi connectivity index (χ1n) is 5.85. The van der Waals surface area contributed by atoms with Crippen LogP contribution in [0.1, 0.15) is 17.3 Å². The maximum absolute atomic E-state index is 13.9. The van der Waals surface area contributed by atoms with E-state index in [1.54, 1.807) is 12.1 Å². The number of nitrogens with one attached hydrogen (secondary N) is 1. The predicted molar refractivity (Wildman–Crippen MR) is 69.8 cm³/mol. The summed E-state index contributed by atoms with van der Waals surface area (Å²) in [5.41, 5.74) is 0.0313. The Morgan fingerprint density at radius 3 is 2.80 bits per heavy atom. The lowest BCUT2D eigenvalue weighted by Crippen LogP contribution is -2.05. The van der Waals surface area contributed by atoms with Crippen LogP contribution in [-0.2, 0) is 0 Å². The Bertz CT molecular complexity index is 617. The molecule has 0 saturated heterocycles. The van der Waals surface area contributed by atoms with Gasteiger partial charge in [-0.05, 0) is 19.1 Å². The topological polar surface area (TPSA) is 84.3 Å². The van der Waals surface area contributed by atoms with Crippen molar-refractivity contribution in [2.45, 2.75) is 6.92 Å². The summed E-state index contributed by atoms with van der Waals surface area (Å²) < 4.78 is 19.0. The average Bonchev–Trinajstić information content (AvgIpc) is 2.43. The number of ether oxygens (including phenoxy) is 1. The smallest absolute Gasteiger partial charge is 0.338 e. The van der Waals surface area contributed by atoms with E-state index >= 15 is 0 Å². The SMILES string of the molecule is CCOc1ccc(Nc2nccc(C(=O)O)c2F)cn1. The summed E-state index contributed by atoms with van der Waals surface area (Å²) in [6.45, 7) is 2.33. The van der Waals surface area contributed by atoms with Crippen molar-refractivity contribution in [1.82, 2.24) is 9.97 Å². The van der Waals surface area contributed by atoms with Gasteiger partial charge in [0.2, 0.25) is 5.88 Å². The number of carboxylic acid groups (broad SMARTS) is 1. The second kappa shape index (κ2) is 5.96. The highest BCUT2D eigenvalue weighted by atomic mass is 19.1. The van der Waals surface area contributed by atoms with Gasteiger partial charge < -0.3 is 15.2 Å². The van der Waals surface area contributed by atoms with Crippen LogP contribution in [-0.4, -0.2) is 27.7 Å². The first kappa shape index (κ1) is 13.7.